The number of carbonyl (C=O) groups is 1. The molecule has 0 unspecified atom stereocenters. The zero-order valence-electron chi connectivity index (χ0n) is 17.6. The molecule has 0 bridgehead atoms. The minimum absolute atomic E-state index is 0.286. The molecule has 1 aliphatic heterocycles. The molecule has 0 atom stereocenters. The number of rotatable bonds is 4. The Labute approximate surface area is 183 Å². The van der Waals surface area contributed by atoms with Crippen molar-refractivity contribution >= 4 is 50.0 Å². The number of methoxy groups -OCH3 is 1. The normalized spacial score (nSPS) is 15.0. The van der Waals surface area contributed by atoms with Crippen LogP contribution in [0.5, 0.6) is 5.75 Å². The number of ether oxygens (including phenoxy) is 1. The Kier molecular flexibility index (Phi) is 4.95. The van der Waals surface area contributed by atoms with Crippen LogP contribution >= 0.6 is 11.3 Å². The van der Waals surface area contributed by atoms with Crippen LogP contribution in [0.3, 0.4) is 0 Å². The maximum Gasteiger partial charge on any atom is 0.284 e. The number of piperazine rings is 1. The molecule has 0 saturated carbocycles. The van der Waals surface area contributed by atoms with Gasteiger partial charge in [0.15, 0.2) is 5.01 Å². The molecule has 9 nitrogen and oxygen atoms in total. The average molecular weight is 438 g/mol. The van der Waals surface area contributed by atoms with Crippen LogP contribution in [0.2, 0.25) is 0 Å². The number of thiazole rings is 1. The molecule has 1 aromatic carbocycles. The lowest BCUT2D eigenvalue weighted by Gasteiger charge is -2.33. The predicted octanol–water partition coefficient (Wildman–Crippen LogP) is 2.59. The van der Waals surface area contributed by atoms with E-state index in [1.807, 2.05) is 37.5 Å². The summed E-state index contributed by atoms with van der Waals surface area (Å²) in [5.74, 6) is 1.20. The van der Waals surface area contributed by atoms with Gasteiger partial charge in [0, 0.05) is 50.9 Å². The smallest absolute Gasteiger partial charge is 0.284 e. The monoisotopic (exact) mass is 437 g/mol. The van der Waals surface area contributed by atoms with E-state index in [1.165, 1.54) is 11.3 Å². The number of likely N-dealkylation sites (N-methyl/N-ethyl adjacent to an activating group) is 1. The van der Waals surface area contributed by atoms with Crippen LogP contribution in [0, 0.1) is 0 Å². The van der Waals surface area contributed by atoms with Crippen molar-refractivity contribution in [1.29, 1.82) is 0 Å². The Balaban J connectivity index is 1.40. The SMILES string of the molecule is COc1cc2nn(C)cc2cc1NC(=O)c1nc2ccc(N3CCN(C)CC3)nc2s1. The van der Waals surface area contributed by atoms with Crippen LogP contribution in [-0.2, 0) is 7.05 Å². The minimum atomic E-state index is -0.286. The summed E-state index contributed by atoms with van der Waals surface area (Å²) in [6.07, 6.45) is 1.89. The van der Waals surface area contributed by atoms with Gasteiger partial charge in [-0.05, 0) is 25.2 Å². The number of carbonyl (C=O) groups excluding carboxylic acids is 1. The van der Waals surface area contributed by atoms with Gasteiger partial charge >= 0.3 is 0 Å². The number of amides is 1. The maximum absolute atomic E-state index is 12.9. The molecule has 5 rings (SSSR count). The van der Waals surface area contributed by atoms with E-state index in [0.29, 0.717) is 16.4 Å². The van der Waals surface area contributed by atoms with Crippen molar-refractivity contribution in [2.75, 3.05) is 50.6 Å². The van der Waals surface area contributed by atoms with E-state index in [9.17, 15) is 4.79 Å². The van der Waals surface area contributed by atoms with E-state index in [4.69, 9.17) is 9.72 Å². The third-order valence-corrected chi connectivity index (χ3v) is 6.41. The van der Waals surface area contributed by atoms with Gasteiger partial charge in [0.1, 0.15) is 21.9 Å². The van der Waals surface area contributed by atoms with Crippen molar-refractivity contribution in [2.24, 2.45) is 7.05 Å². The van der Waals surface area contributed by atoms with Crippen LogP contribution < -0.4 is 15.0 Å². The first kappa shape index (κ1) is 19.7. The molecule has 0 radical (unpaired) electrons. The number of nitrogens with one attached hydrogen (secondary N) is 1. The fourth-order valence-corrected chi connectivity index (χ4v) is 4.56. The van der Waals surface area contributed by atoms with E-state index in [0.717, 1.165) is 53.2 Å². The standard InChI is InChI=1S/C21H23N7O2S/c1-26-6-8-28(9-7-26)18-5-4-14-20(24-18)31-21(23-14)19(29)22-16-10-13-12-27(2)25-15(13)11-17(16)30-3/h4-5,10-12H,6-9H2,1-3H3,(H,22,29). The van der Waals surface area contributed by atoms with E-state index in [2.05, 4.69) is 32.2 Å². The summed E-state index contributed by atoms with van der Waals surface area (Å²) in [5.41, 5.74) is 2.11. The largest absolute Gasteiger partial charge is 0.494 e. The molecule has 4 aromatic rings. The summed E-state index contributed by atoms with van der Waals surface area (Å²) < 4.78 is 7.18. The Hall–Kier alpha value is -3.24. The quantitative estimate of drug-likeness (QED) is 0.525. The molecule has 3 aromatic heterocycles. The summed E-state index contributed by atoms with van der Waals surface area (Å²) in [7, 11) is 5.56. The number of hydrogen-bond acceptors (Lipinski definition) is 8. The van der Waals surface area contributed by atoms with Gasteiger partial charge in [-0.25, -0.2) is 9.97 Å². The van der Waals surface area contributed by atoms with Gasteiger partial charge in [-0.3, -0.25) is 9.48 Å². The van der Waals surface area contributed by atoms with Gasteiger partial charge < -0.3 is 19.9 Å². The van der Waals surface area contributed by atoms with Gasteiger partial charge in [0.25, 0.3) is 5.91 Å². The van der Waals surface area contributed by atoms with E-state index >= 15 is 0 Å². The molecule has 160 valence electrons. The third kappa shape index (κ3) is 3.79. The van der Waals surface area contributed by atoms with Crippen molar-refractivity contribution in [2.45, 2.75) is 0 Å². The van der Waals surface area contributed by atoms with Crippen LogP contribution in [0.4, 0.5) is 11.5 Å². The molecule has 0 aliphatic carbocycles. The molecule has 1 N–H and O–H groups in total. The van der Waals surface area contributed by atoms with Crippen LogP contribution in [-0.4, -0.2) is 70.9 Å². The summed E-state index contributed by atoms with van der Waals surface area (Å²) in [5, 5.41) is 8.59. The Morgan fingerprint density at radius 1 is 1.10 bits per heavy atom. The molecule has 1 amide bonds. The number of anilines is 2. The number of aromatic nitrogens is 4. The second-order valence-corrected chi connectivity index (χ2v) is 8.65. The second kappa shape index (κ2) is 7.78. The summed E-state index contributed by atoms with van der Waals surface area (Å²) in [4.78, 5) is 27.5. The predicted molar refractivity (Wildman–Crippen MR) is 122 cm³/mol. The lowest BCUT2D eigenvalue weighted by Crippen LogP contribution is -2.44. The van der Waals surface area contributed by atoms with Crippen molar-refractivity contribution in [3.8, 4) is 5.75 Å². The first-order valence-electron chi connectivity index (χ1n) is 10.0. The van der Waals surface area contributed by atoms with E-state index < -0.39 is 0 Å². The lowest BCUT2D eigenvalue weighted by molar-refractivity contribution is 0.102. The average Bonchev–Trinajstić information content (AvgIpc) is 3.35. The lowest BCUT2D eigenvalue weighted by atomic mass is 10.2. The molecular formula is C21H23N7O2S. The summed E-state index contributed by atoms with van der Waals surface area (Å²) in [6, 6.07) is 7.59. The van der Waals surface area contributed by atoms with Gasteiger partial charge in [0.05, 0.1) is 18.3 Å². The number of nitrogens with zero attached hydrogens (tertiary/aromatic N) is 6. The first-order valence-corrected chi connectivity index (χ1v) is 10.9. The molecular weight excluding hydrogens is 414 g/mol. The zero-order valence-corrected chi connectivity index (χ0v) is 18.4. The van der Waals surface area contributed by atoms with Gasteiger partial charge in [0.2, 0.25) is 0 Å². The minimum Gasteiger partial charge on any atom is -0.494 e. The fraction of sp³-hybridized carbons (Fsp3) is 0.333. The van der Waals surface area contributed by atoms with Crippen molar-refractivity contribution in [3.05, 3.63) is 35.5 Å². The molecule has 4 heterocycles. The molecule has 1 saturated heterocycles. The highest BCUT2D eigenvalue weighted by molar-refractivity contribution is 7.20. The van der Waals surface area contributed by atoms with Crippen molar-refractivity contribution in [1.82, 2.24) is 24.6 Å². The Morgan fingerprint density at radius 2 is 1.90 bits per heavy atom. The third-order valence-electron chi connectivity index (χ3n) is 5.45. The highest BCUT2D eigenvalue weighted by atomic mass is 32.1. The molecule has 1 fully saturated rings. The Morgan fingerprint density at radius 3 is 2.68 bits per heavy atom. The maximum atomic E-state index is 12.9. The van der Waals surface area contributed by atoms with Crippen molar-refractivity contribution in [3.63, 3.8) is 0 Å². The fourth-order valence-electron chi connectivity index (χ4n) is 3.73. The highest BCUT2D eigenvalue weighted by Gasteiger charge is 2.19. The summed E-state index contributed by atoms with van der Waals surface area (Å²) >= 11 is 1.30. The second-order valence-electron chi connectivity index (χ2n) is 7.67. The highest BCUT2D eigenvalue weighted by Crippen LogP contribution is 2.31. The number of fused-ring (bicyclic) bond motifs is 2. The molecule has 0 spiro atoms. The van der Waals surface area contributed by atoms with Crippen LogP contribution in [0.25, 0.3) is 21.3 Å². The zero-order chi connectivity index (χ0) is 21.5. The van der Waals surface area contributed by atoms with Gasteiger partial charge in [-0.1, -0.05) is 11.3 Å². The number of hydrogen-bond donors (Lipinski definition) is 1. The van der Waals surface area contributed by atoms with E-state index in [-0.39, 0.29) is 5.91 Å². The molecule has 10 heteroatoms. The van der Waals surface area contributed by atoms with Gasteiger partial charge in [-0.15, -0.1) is 0 Å². The molecule has 1 aliphatic rings. The molecule has 31 heavy (non-hydrogen) atoms. The summed E-state index contributed by atoms with van der Waals surface area (Å²) in [6.45, 7) is 3.91. The van der Waals surface area contributed by atoms with Crippen LogP contribution in [0.1, 0.15) is 9.80 Å². The number of benzene rings is 1. The first-order chi connectivity index (χ1) is 15.0. The van der Waals surface area contributed by atoms with Gasteiger partial charge in [-0.2, -0.15) is 5.10 Å². The number of pyridine rings is 1. The van der Waals surface area contributed by atoms with Crippen molar-refractivity contribution < 1.29 is 9.53 Å². The Bertz CT molecular complexity index is 1270. The van der Waals surface area contributed by atoms with Crippen LogP contribution in [0.15, 0.2) is 30.5 Å². The van der Waals surface area contributed by atoms with E-state index in [1.54, 1.807) is 11.8 Å². The number of aryl methyl sites for hydroxylation is 1. The topological polar surface area (TPSA) is 88.4 Å².